The highest BCUT2D eigenvalue weighted by molar-refractivity contribution is 5.38. The lowest BCUT2D eigenvalue weighted by Gasteiger charge is -2.31. The second-order valence-electron chi connectivity index (χ2n) is 5.29. The minimum Gasteiger partial charge on any atom is -0.478 e. The molecule has 1 N–H and O–H groups in total. The topological polar surface area (TPSA) is 47.0 Å². The molecule has 1 aromatic heterocycles. The fourth-order valence-electron chi connectivity index (χ4n) is 2.78. The maximum Gasteiger partial charge on any atom is 0.218 e. The number of aromatic nitrogens is 2. The van der Waals surface area contributed by atoms with E-state index in [4.69, 9.17) is 4.74 Å². The molecule has 2 unspecified atom stereocenters. The molecule has 0 aliphatic heterocycles. The van der Waals surface area contributed by atoms with Crippen LogP contribution in [0.4, 0.5) is 5.82 Å². The van der Waals surface area contributed by atoms with Crippen LogP contribution in [0.3, 0.4) is 0 Å². The van der Waals surface area contributed by atoms with E-state index in [1.807, 2.05) is 6.07 Å². The van der Waals surface area contributed by atoms with Crippen molar-refractivity contribution in [2.75, 3.05) is 11.9 Å². The van der Waals surface area contributed by atoms with Gasteiger partial charge in [-0.15, -0.1) is 0 Å². The van der Waals surface area contributed by atoms with Crippen LogP contribution in [-0.2, 0) is 0 Å². The van der Waals surface area contributed by atoms with Crippen LogP contribution >= 0.6 is 0 Å². The van der Waals surface area contributed by atoms with Gasteiger partial charge in [0.25, 0.3) is 0 Å². The maximum atomic E-state index is 5.55. The fourth-order valence-corrected chi connectivity index (χ4v) is 2.78. The van der Waals surface area contributed by atoms with Crippen molar-refractivity contribution in [3.8, 4) is 5.88 Å². The number of ether oxygens (including phenoxy) is 1. The zero-order chi connectivity index (χ0) is 13.5. The van der Waals surface area contributed by atoms with E-state index in [1.165, 1.54) is 32.1 Å². The van der Waals surface area contributed by atoms with Gasteiger partial charge < -0.3 is 10.1 Å². The Morgan fingerprint density at radius 1 is 1.26 bits per heavy atom. The van der Waals surface area contributed by atoms with Crippen molar-refractivity contribution in [1.29, 1.82) is 0 Å². The predicted octanol–water partition coefficient (Wildman–Crippen LogP) is 3.65. The first-order valence-electron chi connectivity index (χ1n) is 7.54. The Kier molecular flexibility index (Phi) is 5.43. The first-order valence-corrected chi connectivity index (χ1v) is 7.54. The first kappa shape index (κ1) is 14.1. The quantitative estimate of drug-likeness (QED) is 0.851. The van der Waals surface area contributed by atoms with Gasteiger partial charge in [-0.25, -0.2) is 9.97 Å². The molecule has 0 spiro atoms. The van der Waals surface area contributed by atoms with Crippen LogP contribution in [0, 0.1) is 5.92 Å². The molecule has 1 fully saturated rings. The van der Waals surface area contributed by atoms with Crippen molar-refractivity contribution in [2.24, 2.45) is 5.92 Å². The monoisotopic (exact) mass is 263 g/mol. The summed E-state index contributed by atoms with van der Waals surface area (Å²) in [7, 11) is 0. The van der Waals surface area contributed by atoms with Crippen molar-refractivity contribution in [3.05, 3.63) is 12.4 Å². The third-order valence-electron chi connectivity index (χ3n) is 3.86. The van der Waals surface area contributed by atoms with Gasteiger partial charge in [0.1, 0.15) is 12.1 Å². The summed E-state index contributed by atoms with van der Waals surface area (Å²) in [6, 6.07) is 2.46. The number of rotatable bonds is 6. The average Bonchev–Trinajstić information content (AvgIpc) is 2.46. The lowest BCUT2D eigenvalue weighted by Crippen LogP contribution is -2.32. The smallest absolute Gasteiger partial charge is 0.218 e. The number of anilines is 1. The molecular weight excluding hydrogens is 238 g/mol. The Labute approximate surface area is 116 Å². The van der Waals surface area contributed by atoms with E-state index < -0.39 is 0 Å². The van der Waals surface area contributed by atoms with E-state index in [1.54, 1.807) is 6.33 Å². The molecule has 4 heteroatoms. The van der Waals surface area contributed by atoms with Gasteiger partial charge in [-0.3, -0.25) is 0 Å². The standard InChI is InChI=1S/C15H25N3O/c1-3-9-19-15-10-14(16-11-17-15)18-13-8-6-5-7-12(13)4-2/h10-13H,3-9H2,1-2H3,(H,16,17,18). The van der Waals surface area contributed by atoms with E-state index in [0.29, 0.717) is 18.5 Å². The Morgan fingerprint density at radius 3 is 2.89 bits per heavy atom. The van der Waals surface area contributed by atoms with Gasteiger partial charge in [-0.05, 0) is 25.2 Å². The molecule has 19 heavy (non-hydrogen) atoms. The highest BCUT2D eigenvalue weighted by atomic mass is 16.5. The van der Waals surface area contributed by atoms with Gasteiger partial charge in [0, 0.05) is 12.1 Å². The Morgan fingerprint density at radius 2 is 2.11 bits per heavy atom. The molecule has 1 heterocycles. The summed E-state index contributed by atoms with van der Waals surface area (Å²) in [5, 5.41) is 3.57. The van der Waals surface area contributed by atoms with Crippen LogP contribution in [0.1, 0.15) is 52.4 Å². The molecule has 4 nitrogen and oxygen atoms in total. The number of nitrogens with one attached hydrogen (secondary N) is 1. The first-order chi connectivity index (χ1) is 9.33. The molecular formula is C15H25N3O. The molecule has 1 aliphatic rings. The summed E-state index contributed by atoms with van der Waals surface area (Å²) in [4.78, 5) is 8.44. The van der Waals surface area contributed by atoms with Crippen molar-refractivity contribution in [3.63, 3.8) is 0 Å². The normalized spacial score (nSPS) is 23.1. The summed E-state index contributed by atoms with van der Waals surface area (Å²) in [5.74, 6) is 2.33. The van der Waals surface area contributed by atoms with E-state index in [9.17, 15) is 0 Å². The van der Waals surface area contributed by atoms with Crippen LogP contribution in [0.25, 0.3) is 0 Å². The summed E-state index contributed by atoms with van der Waals surface area (Å²) in [6.45, 7) is 5.08. The summed E-state index contributed by atoms with van der Waals surface area (Å²) >= 11 is 0. The van der Waals surface area contributed by atoms with E-state index >= 15 is 0 Å². The van der Waals surface area contributed by atoms with Crippen LogP contribution in [0.15, 0.2) is 12.4 Å². The molecule has 1 aliphatic carbocycles. The summed E-state index contributed by atoms with van der Waals surface area (Å²) < 4.78 is 5.55. The third kappa shape index (κ3) is 4.08. The molecule has 106 valence electrons. The molecule has 1 saturated carbocycles. The third-order valence-corrected chi connectivity index (χ3v) is 3.86. The lowest BCUT2D eigenvalue weighted by molar-refractivity contribution is 0.303. The number of nitrogens with zero attached hydrogens (tertiary/aromatic N) is 2. The van der Waals surface area contributed by atoms with Crippen LogP contribution in [0.2, 0.25) is 0 Å². The summed E-state index contributed by atoms with van der Waals surface area (Å²) in [5.41, 5.74) is 0. The fraction of sp³-hybridized carbons (Fsp3) is 0.733. The van der Waals surface area contributed by atoms with E-state index in [-0.39, 0.29) is 0 Å². The molecule has 0 aromatic carbocycles. The summed E-state index contributed by atoms with van der Waals surface area (Å²) in [6.07, 6.45) is 9.07. The molecule has 1 aromatic rings. The minimum absolute atomic E-state index is 0.549. The minimum atomic E-state index is 0.549. The molecule has 2 atom stereocenters. The number of hydrogen-bond donors (Lipinski definition) is 1. The van der Waals surface area contributed by atoms with E-state index in [0.717, 1.165) is 18.2 Å². The van der Waals surface area contributed by atoms with Gasteiger partial charge >= 0.3 is 0 Å². The van der Waals surface area contributed by atoms with Crippen LogP contribution in [0.5, 0.6) is 5.88 Å². The van der Waals surface area contributed by atoms with Crippen molar-refractivity contribution < 1.29 is 4.74 Å². The van der Waals surface area contributed by atoms with Crippen molar-refractivity contribution in [1.82, 2.24) is 9.97 Å². The van der Waals surface area contributed by atoms with Crippen LogP contribution in [-0.4, -0.2) is 22.6 Å². The van der Waals surface area contributed by atoms with E-state index in [2.05, 4.69) is 29.1 Å². The second kappa shape index (κ2) is 7.31. The number of hydrogen-bond acceptors (Lipinski definition) is 4. The zero-order valence-corrected chi connectivity index (χ0v) is 12.1. The van der Waals surface area contributed by atoms with Gasteiger partial charge in [0.2, 0.25) is 5.88 Å². The molecule has 0 saturated heterocycles. The molecule has 0 amide bonds. The Hall–Kier alpha value is -1.32. The Bertz CT molecular complexity index is 383. The SMILES string of the molecule is CCCOc1cc(NC2CCCCC2CC)ncn1. The Balaban J connectivity index is 1.97. The average molecular weight is 263 g/mol. The molecule has 2 rings (SSSR count). The van der Waals surface area contributed by atoms with Crippen LogP contribution < -0.4 is 10.1 Å². The largest absolute Gasteiger partial charge is 0.478 e. The van der Waals surface area contributed by atoms with Gasteiger partial charge in [-0.1, -0.05) is 33.1 Å². The second-order valence-corrected chi connectivity index (χ2v) is 5.29. The molecule has 0 bridgehead atoms. The van der Waals surface area contributed by atoms with Crippen molar-refractivity contribution >= 4 is 5.82 Å². The molecule has 0 radical (unpaired) electrons. The maximum absolute atomic E-state index is 5.55. The highest BCUT2D eigenvalue weighted by Crippen LogP contribution is 2.29. The zero-order valence-electron chi connectivity index (χ0n) is 12.1. The predicted molar refractivity (Wildman–Crippen MR) is 77.5 cm³/mol. The van der Waals surface area contributed by atoms with Gasteiger partial charge in [-0.2, -0.15) is 0 Å². The van der Waals surface area contributed by atoms with Gasteiger partial charge in [0.05, 0.1) is 6.61 Å². The highest BCUT2D eigenvalue weighted by Gasteiger charge is 2.23. The van der Waals surface area contributed by atoms with Gasteiger partial charge in [0.15, 0.2) is 0 Å². The van der Waals surface area contributed by atoms with Crippen molar-refractivity contribution in [2.45, 2.75) is 58.4 Å². The lowest BCUT2D eigenvalue weighted by atomic mass is 9.83.